The predicted octanol–water partition coefficient (Wildman–Crippen LogP) is 3.78. The van der Waals surface area contributed by atoms with Crippen LogP contribution in [-0.2, 0) is 0 Å². The summed E-state index contributed by atoms with van der Waals surface area (Å²) in [6, 6.07) is 26.7. The van der Waals surface area contributed by atoms with Gasteiger partial charge in [-0.25, -0.2) is 6.07 Å². The van der Waals surface area contributed by atoms with Gasteiger partial charge in [-0.1, -0.05) is 67.6 Å². The molecule has 3 rings (SSSR count). The normalized spacial score (nSPS) is 10.9. The summed E-state index contributed by atoms with van der Waals surface area (Å²) < 4.78 is 0. The minimum Gasteiger partial charge on any atom is -0.206 e. The van der Waals surface area contributed by atoms with E-state index < -0.39 is 7.92 Å². The smallest absolute Gasteiger partial charge is 0.0278 e. The van der Waals surface area contributed by atoms with Gasteiger partial charge in [-0.2, -0.15) is 23.5 Å². The molecule has 0 amide bonds. The fraction of sp³-hybridized carbons (Fsp3) is 0.105. The summed E-state index contributed by atoms with van der Waals surface area (Å²) in [6.45, 7) is 4.28. The van der Waals surface area contributed by atoms with Gasteiger partial charge in [0.1, 0.15) is 0 Å². The molecule has 0 unspecified atom stereocenters. The van der Waals surface area contributed by atoms with Crippen molar-refractivity contribution in [3.8, 4) is 0 Å². The molecule has 0 nitrogen and oxygen atoms in total. The Morgan fingerprint density at radius 1 is 0.650 bits per heavy atom. The summed E-state index contributed by atoms with van der Waals surface area (Å²) in [5.41, 5.74) is 2.63. The van der Waals surface area contributed by atoms with Gasteiger partial charge in [-0.3, -0.25) is 0 Å². The number of hydrogen-bond acceptors (Lipinski definition) is 0. The topological polar surface area (TPSA) is 0 Å². The van der Waals surface area contributed by atoms with Crippen LogP contribution in [0.3, 0.4) is 0 Å². The maximum atomic E-state index is 2.27. The Morgan fingerprint density at radius 2 is 1.15 bits per heavy atom. The second-order valence-electron chi connectivity index (χ2n) is 5.15. The first-order chi connectivity index (χ1) is 9.74. The van der Waals surface area contributed by atoms with Crippen LogP contribution >= 0.6 is 7.92 Å². The van der Waals surface area contributed by atoms with Crippen molar-refractivity contribution in [1.29, 1.82) is 0 Å². The van der Waals surface area contributed by atoms with E-state index in [1.807, 2.05) is 0 Å². The third-order valence-electron chi connectivity index (χ3n) is 3.49. The summed E-state index contributed by atoms with van der Waals surface area (Å²) in [7, 11) is -0.434. The Hall–Kier alpha value is -1.78. The average molecular weight is 277 g/mol. The summed E-state index contributed by atoms with van der Waals surface area (Å²) in [4.78, 5) is 0. The average Bonchev–Trinajstić information content (AvgIpc) is 2.97. The first-order valence-electron chi connectivity index (χ1n) is 6.89. The zero-order valence-electron chi connectivity index (χ0n) is 11.9. The number of hydrogen-bond donors (Lipinski definition) is 0. The van der Waals surface area contributed by atoms with Gasteiger partial charge >= 0.3 is 0 Å². The molecule has 0 saturated heterocycles. The Balaban J connectivity index is 2.09. The molecular weight excluding hydrogens is 259 g/mol. The van der Waals surface area contributed by atoms with Crippen molar-refractivity contribution < 1.29 is 0 Å². The van der Waals surface area contributed by atoms with Crippen LogP contribution in [0.2, 0.25) is 0 Å². The first kappa shape index (κ1) is 13.2. The highest BCUT2D eigenvalue weighted by atomic mass is 31.1. The first-order valence-corrected chi connectivity index (χ1v) is 8.23. The van der Waals surface area contributed by atoms with E-state index in [2.05, 4.69) is 86.6 Å². The van der Waals surface area contributed by atoms with Crippen molar-refractivity contribution in [2.45, 2.75) is 13.8 Å². The summed E-state index contributed by atoms with van der Waals surface area (Å²) in [5.74, 6) is 0. The zero-order chi connectivity index (χ0) is 13.9. The SMILES string of the molecule is Cc1ccc(P(c2ccc(C)cc2)c2cc[cH-]c2)cc1. The van der Waals surface area contributed by atoms with E-state index in [-0.39, 0.29) is 0 Å². The van der Waals surface area contributed by atoms with Crippen LogP contribution in [0.4, 0.5) is 0 Å². The van der Waals surface area contributed by atoms with Crippen molar-refractivity contribution in [1.82, 2.24) is 0 Å². The molecule has 0 aliphatic carbocycles. The van der Waals surface area contributed by atoms with Crippen LogP contribution < -0.4 is 15.9 Å². The van der Waals surface area contributed by atoms with Crippen molar-refractivity contribution in [3.63, 3.8) is 0 Å². The third-order valence-corrected chi connectivity index (χ3v) is 5.93. The minimum absolute atomic E-state index is 0.434. The van der Waals surface area contributed by atoms with E-state index in [9.17, 15) is 0 Å². The molecule has 0 aliphatic rings. The van der Waals surface area contributed by atoms with E-state index in [1.165, 1.54) is 27.0 Å². The molecule has 0 radical (unpaired) electrons. The summed E-state index contributed by atoms with van der Waals surface area (Å²) >= 11 is 0. The fourth-order valence-corrected chi connectivity index (χ4v) is 4.61. The lowest BCUT2D eigenvalue weighted by molar-refractivity contribution is 1.49. The van der Waals surface area contributed by atoms with Crippen molar-refractivity contribution in [2.75, 3.05) is 0 Å². The van der Waals surface area contributed by atoms with Crippen molar-refractivity contribution in [2.24, 2.45) is 0 Å². The van der Waals surface area contributed by atoms with Crippen LogP contribution in [0.1, 0.15) is 11.1 Å². The molecule has 0 fully saturated rings. The Labute approximate surface area is 122 Å². The van der Waals surface area contributed by atoms with E-state index in [4.69, 9.17) is 0 Å². The van der Waals surface area contributed by atoms with Gasteiger partial charge in [0.15, 0.2) is 0 Å². The van der Waals surface area contributed by atoms with Gasteiger partial charge in [0, 0.05) is 0 Å². The second kappa shape index (κ2) is 5.69. The summed E-state index contributed by atoms with van der Waals surface area (Å²) in [6.07, 6.45) is 0. The highest BCUT2D eigenvalue weighted by Crippen LogP contribution is 2.32. The molecule has 0 bridgehead atoms. The minimum atomic E-state index is -0.434. The lowest BCUT2D eigenvalue weighted by atomic mass is 10.2. The highest BCUT2D eigenvalue weighted by molar-refractivity contribution is 7.79. The van der Waals surface area contributed by atoms with E-state index in [1.54, 1.807) is 0 Å². The highest BCUT2D eigenvalue weighted by Gasteiger charge is 2.10. The van der Waals surface area contributed by atoms with Crippen LogP contribution in [-0.4, -0.2) is 0 Å². The van der Waals surface area contributed by atoms with Gasteiger partial charge in [0.2, 0.25) is 0 Å². The monoisotopic (exact) mass is 277 g/mol. The molecule has 0 heterocycles. The fourth-order valence-electron chi connectivity index (χ4n) is 2.35. The molecular formula is C19H18P-. The largest absolute Gasteiger partial charge is 0.206 e. The van der Waals surface area contributed by atoms with Gasteiger partial charge in [-0.05, 0) is 24.5 Å². The van der Waals surface area contributed by atoms with Gasteiger partial charge in [-0.15, -0.1) is 0 Å². The third kappa shape index (κ3) is 2.71. The molecule has 3 aromatic carbocycles. The van der Waals surface area contributed by atoms with Crippen molar-refractivity contribution in [3.05, 3.63) is 83.9 Å². The molecule has 0 atom stereocenters. The van der Waals surface area contributed by atoms with Gasteiger partial charge < -0.3 is 0 Å². The molecule has 3 aromatic rings. The van der Waals surface area contributed by atoms with Crippen LogP contribution in [0.5, 0.6) is 0 Å². The molecule has 20 heavy (non-hydrogen) atoms. The Bertz CT molecular complexity index is 615. The Kier molecular flexibility index (Phi) is 3.76. The molecule has 100 valence electrons. The van der Waals surface area contributed by atoms with Gasteiger partial charge in [0.25, 0.3) is 0 Å². The van der Waals surface area contributed by atoms with Crippen LogP contribution in [0.25, 0.3) is 0 Å². The van der Waals surface area contributed by atoms with Crippen LogP contribution in [0, 0.1) is 13.8 Å². The maximum Gasteiger partial charge on any atom is -0.0278 e. The zero-order valence-corrected chi connectivity index (χ0v) is 12.8. The summed E-state index contributed by atoms with van der Waals surface area (Å²) in [5, 5.41) is 4.26. The number of benzene rings is 2. The Morgan fingerprint density at radius 3 is 1.55 bits per heavy atom. The maximum absolute atomic E-state index is 2.27. The molecule has 0 saturated carbocycles. The quantitative estimate of drug-likeness (QED) is 0.505. The lowest BCUT2D eigenvalue weighted by Crippen LogP contribution is -2.19. The lowest BCUT2D eigenvalue weighted by Gasteiger charge is -2.23. The predicted molar refractivity (Wildman–Crippen MR) is 90.2 cm³/mol. The van der Waals surface area contributed by atoms with E-state index >= 15 is 0 Å². The standard InChI is InChI=1S/C19H18P/c1-15-7-11-18(12-8-15)20(17-5-3-4-6-17)19-13-9-16(2)10-14-19/h3-14H,1-2H3/q-1. The van der Waals surface area contributed by atoms with Gasteiger partial charge in [0.05, 0.1) is 0 Å². The van der Waals surface area contributed by atoms with E-state index in [0.717, 1.165) is 0 Å². The molecule has 0 aromatic heterocycles. The number of aryl methyl sites for hydroxylation is 2. The molecule has 1 heteroatoms. The van der Waals surface area contributed by atoms with Crippen molar-refractivity contribution >= 4 is 23.8 Å². The second-order valence-corrected chi connectivity index (χ2v) is 7.37. The molecule has 0 N–H and O–H groups in total. The number of rotatable bonds is 3. The molecule has 0 aliphatic heterocycles. The molecule has 0 spiro atoms. The van der Waals surface area contributed by atoms with E-state index in [0.29, 0.717) is 0 Å². The van der Waals surface area contributed by atoms with Crippen LogP contribution in [0.15, 0.2) is 72.8 Å².